The highest BCUT2D eigenvalue weighted by Gasteiger charge is 2.24. The van der Waals surface area contributed by atoms with Crippen molar-refractivity contribution in [3.8, 4) is 0 Å². The predicted octanol–water partition coefficient (Wildman–Crippen LogP) is 4.98. The third-order valence-corrected chi connectivity index (χ3v) is 5.93. The average Bonchev–Trinajstić information content (AvgIpc) is 3.33. The van der Waals surface area contributed by atoms with Crippen LogP contribution in [-0.2, 0) is 13.1 Å². The number of aromatic nitrogens is 3. The molecule has 0 bridgehead atoms. The summed E-state index contributed by atoms with van der Waals surface area (Å²) < 4.78 is 2.85. The maximum atomic E-state index is 13.5. The van der Waals surface area contributed by atoms with E-state index in [2.05, 4.69) is 31.1 Å². The van der Waals surface area contributed by atoms with Crippen LogP contribution >= 0.6 is 11.3 Å². The van der Waals surface area contributed by atoms with E-state index in [1.165, 1.54) is 11.1 Å². The molecule has 0 fully saturated rings. The van der Waals surface area contributed by atoms with E-state index in [0.29, 0.717) is 23.9 Å². The zero-order chi connectivity index (χ0) is 19.7. The van der Waals surface area contributed by atoms with Gasteiger partial charge >= 0.3 is 0 Å². The predicted molar refractivity (Wildman–Crippen MR) is 114 cm³/mol. The molecule has 28 heavy (non-hydrogen) atoms. The summed E-state index contributed by atoms with van der Waals surface area (Å²) in [6.07, 6.45) is 1.67. The van der Waals surface area contributed by atoms with Crippen molar-refractivity contribution in [2.45, 2.75) is 33.9 Å². The van der Waals surface area contributed by atoms with Gasteiger partial charge < -0.3 is 0 Å². The first-order chi connectivity index (χ1) is 13.6. The van der Waals surface area contributed by atoms with Crippen molar-refractivity contribution in [2.75, 3.05) is 4.90 Å². The Bertz CT molecular complexity index is 1130. The van der Waals surface area contributed by atoms with Crippen molar-refractivity contribution in [1.29, 1.82) is 0 Å². The van der Waals surface area contributed by atoms with Crippen molar-refractivity contribution in [1.82, 2.24) is 14.8 Å². The highest BCUT2D eigenvalue weighted by atomic mass is 32.1. The second-order valence-corrected chi connectivity index (χ2v) is 7.81. The number of hydrogen-bond acceptors (Lipinski definition) is 4. The molecule has 5 nitrogen and oxygen atoms in total. The molecule has 2 aromatic heterocycles. The van der Waals surface area contributed by atoms with E-state index in [0.717, 1.165) is 15.8 Å². The minimum Gasteiger partial charge on any atom is -0.278 e. The fourth-order valence-corrected chi connectivity index (χ4v) is 4.39. The zero-order valence-electron chi connectivity index (χ0n) is 16.2. The SMILES string of the molecule is CCn1nccc1C(=O)N(Cc1ccccc1)c1nc2cc(C)cc(C)c2s1. The molecule has 0 aliphatic rings. The van der Waals surface area contributed by atoms with Crippen LogP contribution in [0.2, 0.25) is 0 Å². The standard InChI is InChI=1S/C22H22N4OS/c1-4-26-19(10-11-23-26)21(27)25(14-17-8-6-5-7-9-17)22-24-18-13-15(2)12-16(3)20(18)28-22/h5-13H,4,14H2,1-3H3. The van der Waals surface area contributed by atoms with Gasteiger partial charge in [-0.3, -0.25) is 14.4 Å². The molecule has 6 heteroatoms. The number of fused-ring (bicyclic) bond motifs is 1. The minimum atomic E-state index is -0.0864. The van der Waals surface area contributed by atoms with Crippen LogP contribution in [0.15, 0.2) is 54.7 Å². The molecule has 2 aromatic carbocycles. The Labute approximate surface area is 168 Å². The Balaban J connectivity index is 1.81. The quantitative estimate of drug-likeness (QED) is 0.483. The normalized spacial score (nSPS) is 11.1. The summed E-state index contributed by atoms with van der Waals surface area (Å²) in [6.45, 7) is 7.25. The maximum Gasteiger partial charge on any atom is 0.278 e. The number of benzene rings is 2. The molecule has 1 amide bonds. The van der Waals surface area contributed by atoms with Gasteiger partial charge in [0.15, 0.2) is 5.13 Å². The van der Waals surface area contributed by atoms with Crippen LogP contribution in [0.25, 0.3) is 10.2 Å². The molecule has 0 radical (unpaired) electrons. The fourth-order valence-electron chi connectivity index (χ4n) is 3.38. The summed E-state index contributed by atoms with van der Waals surface area (Å²) in [4.78, 5) is 20.0. The molecule has 0 N–H and O–H groups in total. The van der Waals surface area contributed by atoms with Gasteiger partial charge in [0.1, 0.15) is 5.69 Å². The lowest BCUT2D eigenvalue weighted by Crippen LogP contribution is -2.32. The van der Waals surface area contributed by atoms with Gasteiger partial charge in [-0.25, -0.2) is 4.98 Å². The summed E-state index contributed by atoms with van der Waals surface area (Å²) in [6, 6.07) is 16.0. The maximum absolute atomic E-state index is 13.5. The molecule has 4 aromatic rings. The van der Waals surface area contributed by atoms with Crippen molar-refractivity contribution in [2.24, 2.45) is 0 Å². The van der Waals surface area contributed by atoms with E-state index >= 15 is 0 Å². The average molecular weight is 391 g/mol. The Morgan fingerprint density at radius 2 is 1.93 bits per heavy atom. The molecule has 2 heterocycles. The number of anilines is 1. The van der Waals surface area contributed by atoms with Crippen LogP contribution in [-0.4, -0.2) is 20.7 Å². The summed E-state index contributed by atoms with van der Waals surface area (Å²) in [7, 11) is 0. The van der Waals surface area contributed by atoms with Crippen LogP contribution in [0, 0.1) is 13.8 Å². The first kappa shape index (κ1) is 18.4. The monoisotopic (exact) mass is 390 g/mol. The summed E-state index contributed by atoms with van der Waals surface area (Å²) >= 11 is 1.56. The minimum absolute atomic E-state index is 0.0864. The number of amides is 1. The Kier molecular flexibility index (Phi) is 4.96. The topological polar surface area (TPSA) is 51.0 Å². The second kappa shape index (κ2) is 7.56. The molecular weight excluding hydrogens is 368 g/mol. The van der Waals surface area contributed by atoms with Crippen molar-refractivity contribution >= 4 is 32.6 Å². The molecule has 0 aliphatic carbocycles. The summed E-state index contributed by atoms with van der Waals surface area (Å²) in [5.41, 5.74) is 4.93. The van der Waals surface area contributed by atoms with Crippen LogP contribution in [0.4, 0.5) is 5.13 Å². The summed E-state index contributed by atoms with van der Waals surface area (Å²) in [5.74, 6) is -0.0864. The number of aryl methyl sites for hydroxylation is 3. The number of carbonyl (C=O) groups excluding carboxylic acids is 1. The van der Waals surface area contributed by atoms with Gasteiger partial charge in [-0.15, -0.1) is 0 Å². The first-order valence-corrected chi connectivity index (χ1v) is 10.1. The lowest BCUT2D eigenvalue weighted by molar-refractivity contribution is 0.0975. The number of nitrogens with zero attached hydrogens (tertiary/aromatic N) is 4. The second-order valence-electron chi connectivity index (χ2n) is 6.84. The fraction of sp³-hybridized carbons (Fsp3) is 0.227. The van der Waals surface area contributed by atoms with Gasteiger partial charge in [0, 0.05) is 12.7 Å². The van der Waals surface area contributed by atoms with Gasteiger partial charge in [-0.1, -0.05) is 47.7 Å². The van der Waals surface area contributed by atoms with Crippen molar-refractivity contribution < 1.29 is 4.79 Å². The van der Waals surface area contributed by atoms with E-state index in [9.17, 15) is 4.79 Å². The van der Waals surface area contributed by atoms with Crippen molar-refractivity contribution in [3.63, 3.8) is 0 Å². The molecule has 0 saturated heterocycles. The van der Waals surface area contributed by atoms with Crippen LogP contribution < -0.4 is 4.90 Å². The van der Waals surface area contributed by atoms with E-state index < -0.39 is 0 Å². The van der Waals surface area contributed by atoms with Gasteiger partial charge in [0.2, 0.25) is 0 Å². The Hall–Kier alpha value is -2.99. The Morgan fingerprint density at radius 3 is 2.68 bits per heavy atom. The third kappa shape index (κ3) is 3.43. The number of hydrogen-bond donors (Lipinski definition) is 0. The number of carbonyl (C=O) groups is 1. The lowest BCUT2D eigenvalue weighted by atomic mass is 10.1. The third-order valence-electron chi connectivity index (χ3n) is 4.70. The number of rotatable bonds is 5. The Morgan fingerprint density at radius 1 is 1.14 bits per heavy atom. The first-order valence-electron chi connectivity index (χ1n) is 9.32. The molecule has 4 rings (SSSR count). The van der Waals surface area contributed by atoms with Crippen LogP contribution in [0.3, 0.4) is 0 Å². The largest absolute Gasteiger partial charge is 0.278 e. The molecule has 0 aliphatic heterocycles. The lowest BCUT2D eigenvalue weighted by Gasteiger charge is -2.20. The molecule has 0 saturated carbocycles. The van der Waals surface area contributed by atoms with Gasteiger partial charge in [0.25, 0.3) is 5.91 Å². The highest BCUT2D eigenvalue weighted by Crippen LogP contribution is 2.33. The summed E-state index contributed by atoms with van der Waals surface area (Å²) in [5, 5.41) is 4.97. The smallest absolute Gasteiger partial charge is 0.278 e. The van der Waals surface area contributed by atoms with Crippen LogP contribution in [0.1, 0.15) is 34.1 Å². The molecule has 0 unspecified atom stereocenters. The zero-order valence-corrected chi connectivity index (χ0v) is 17.0. The van der Waals surface area contributed by atoms with Gasteiger partial charge in [-0.2, -0.15) is 5.10 Å². The molecule has 142 valence electrons. The molecule has 0 spiro atoms. The van der Waals surface area contributed by atoms with E-state index in [-0.39, 0.29) is 5.91 Å². The van der Waals surface area contributed by atoms with Gasteiger partial charge in [0.05, 0.1) is 16.8 Å². The highest BCUT2D eigenvalue weighted by molar-refractivity contribution is 7.22. The number of thiazole rings is 1. The van der Waals surface area contributed by atoms with Gasteiger partial charge in [-0.05, 0) is 49.6 Å². The van der Waals surface area contributed by atoms with Crippen LogP contribution in [0.5, 0.6) is 0 Å². The van der Waals surface area contributed by atoms with E-state index in [4.69, 9.17) is 4.98 Å². The molecular formula is C22H22N4OS. The van der Waals surface area contributed by atoms with E-state index in [1.54, 1.807) is 33.2 Å². The van der Waals surface area contributed by atoms with Crippen molar-refractivity contribution in [3.05, 3.63) is 77.1 Å². The van der Waals surface area contributed by atoms with E-state index in [1.807, 2.05) is 37.3 Å². The molecule has 0 atom stereocenters.